The molecule has 2 aromatic rings. The summed E-state index contributed by atoms with van der Waals surface area (Å²) in [6.07, 6.45) is 0. The molecule has 5 heteroatoms. The Bertz CT molecular complexity index is 641. The minimum absolute atomic E-state index is 0.0230. The largest absolute Gasteiger partial charge is 0.496 e. The summed E-state index contributed by atoms with van der Waals surface area (Å²) in [6.45, 7) is 0.343. The molecule has 2 rings (SSSR count). The van der Waals surface area contributed by atoms with Gasteiger partial charge in [0.15, 0.2) is 0 Å². The highest BCUT2D eigenvalue weighted by Gasteiger charge is 2.12. The number of nitrogen functional groups attached to an aromatic ring is 1. The summed E-state index contributed by atoms with van der Waals surface area (Å²) in [5, 5.41) is 11.9. The third-order valence-electron chi connectivity index (χ3n) is 3.10. The Kier molecular flexibility index (Phi) is 4.79. The summed E-state index contributed by atoms with van der Waals surface area (Å²) in [4.78, 5) is 12.2. The Hall–Kier alpha value is -2.53. The van der Waals surface area contributed by atoms with Gasteiger partial charge in [0.1, 0.15) is 5.75 Å². The van der Waals surface area contributed by atoms with Gasteiger partial charge in [-0.05, 0) is 29.3 Å². The molecule has 2 aromatic carbocycles. The monoisotopic (exact) mass is 286 g/mol. The number of nitrogens with one attached hydrogen (secondary N) is 1. The second-order valence-electron chi connectivity index (χ2n) is 4.62. The van der Waals surface area contributed by atoms with E-state index in [1.54, 1.807) is 18.2 Å². The van der Waals surface area contributed by atoms with Gasteiger partial charge in [0.2, 0.25) is 0 Å². The number of rotatable bonds is 5. The Morgan fingerprint density at radius 3 is 2.71 bits per heavy atom. The molecule has 0 aliphatic rings. The van der Waals surface area contributed by atoms with Crippen molar-refractivity contribution in [2.45, 2.75) is 13.2 Å². The van der Waals surface area contributed by atoms with E-state index in [4.69, 9.17) is 15.6 Å². The van der Waals surface area contributed by atoms with E-state index in [9.17, 15) is 4.79 Å². The van der Waals surface area contributed by atoms with Gasteiger partial charge in [-0.2, -0.15) is 0 Å². The van der Waals surface area contributed by atoms with Crippen LogP contribution in [0.1, 0.15) is 21.5 Å². The lowest BCUT2D eigenvalue weighted by atomic mass is 10.1. The standard InChI is InChI=1S/C16H18N2O3/c1-21-15-6-5-13(17)8-14(15)16(20)18-9-11-3-2-4-12(7-11)10-19/h2-8,19H,9-10,17H2,1H3,(H,18,20). The van der Waals surface area contributed by atoms with E-state index in [0.717, 1.165) is 11.1 Å². The van der Waals surface area contributed by atoms with E-state index >= 15 is 0 Å². The molecule has 0 fully saturated rings. The average molecular weight is 286 g/mol. The Labute approximate surface area is 123 Å². The number of aliphatic hydroxyl groups is 1. The lowest BCUT2D eigenvalue weighted by Crippen LogP contribution is -2.23. The summed E-state index contributed by atoms with van der Waals surface area (Å²) in [6, 6.07) is 12.3. The highest BCUT2D eigenvalue weighted by Crippen LogP contribution is 2.21. The molecule has 21 heavy (non-hydrogen) atoms. The van der Waals surface area contributed by atoms with E-state index in [1.165, 1.54) is 7.11 Å². The molecule has 0 aromatic heterocycles. The number of ether oxygens (including phenoxy) is 1. The van der Waals surface area contributed by atoms with Crippen molar-refractivity contribution in [2.24, 2.45) is 0 Å². The molecule has 0 aliphatic carbocycles. The van der Waals surface area contributed by atoms with E-state index in [-0.39, 0.29) is 12.5 Å². The highest BCUT2D eigenvalue weighted by molar-refractivity contribution is 5.97. The summed E-state index contributed by atoms with van der Waals surface area (Å²) in [7, 11) is 1.51. The maximum atomic E-state index is 12.2. The fourth-order valence-corrected chi connectivity index (χ4v) is 2.02. The molecule has 5 nitrogen and oxygen atoms in total. The fourth-order valence-electron chi connectivity index (χ4n) is 2.02. The number of hydrogen-bond acceptors (Lipinski definition) is 4. The van der Waals surface area contributed by atoms with Crippen LogP contribution in [0.2, 0.25) is 0 Å². The lowest BCUT2D eigenvalue weighted by Gasteiger charge is -2.10. The zero-order valence-electron chi connectivity index (χ0n) is 11.8. The van der Waals surface area contributed by atoms with Crippen LogP contribution in [0.3, 0.4) is 0 Å². The molecule has 0 bridgehead atoms. The molecule has 0 unspecified atom stereocenters. The maximum absolute atomic E-state index is 12.2. The van der Waals surface area contributed by atoms with Gasteiger partial charge in [-0.15, -0.1) is 0 Å². The van der Waals surface area contributed by atoms with Crippen LogP contribution in [0.5, 0.6) is 5.75 Å². The van der Waals surface area contributed by atoms with Gasteiger partial charge in [-0.1, -0.05) is 24.3 Å². The lowest BCUT2D eigenvalue weighted by molar-refractivity contribution is 0.0948. The maximum Gasteiger partial charge on any atom is 0.255 e. The van der Waals surface area contributed by atoms with Crippen molar-refractivity contribution in [3.63, 3.8) is 0 Å². The highest BCUT2D eigenvalue weighted by atomic mass is 16.5. The van der Waals surface area contributed by atoms with Gasteiger partial charge < -0.3 is 20.9 Å². The zero-order chi connectivity index (χ0) is 15.2. The number of nitrogens with two attached hydrogens (primary N) is 1. The van der Waals surface area contributed by atoms with Crippen LogP contribution in [-0.4, -0.2) is 18.1 Å². The van der Waals surface area contributed by atoms with Crippen LogP contribution in [-0.2, 0) is 13.2 Å². The molecule has 4 N–H and O–H groups in total. The van der Waals surface area contributed by atoms with E-state index in [0.29, 0.717) is 23.5 Å². The van der Waals surface area contributed by atoms with Crippen LogP contribution in [0.15, 0.2) is 42.5 Å². The zero-order valence-corrected chi connectivity index (χ0v) is 11.8. The first-order chi connectivity index (χ1) is 10.1. The fraction of sp³-hybridized carbons (Fsp3) is 0.188. The molecule has 0 atom stereocenters. The topological polar surface area (TPSA) is 84.6 Å². The third-order valence-corrected chi connectivity index (χ3v) is 3.10. The Morgan fingerprint density at radius 2 is 2.00 bits per heavy atom. The van der Waals surface area contributed by atoms with Crippen LogP contribution >= 0.6 is 0 Å². The van der Waals surface area contributed by atoms with Crippen LogP contribution in [0.25, 0.3) is 0 Å². The summed E-state index contributed by atoms with van der Waals surface area (Å²) in [5.41, 5.74) is 8.33. The summed E-state index contributed by atoms with van der Waals surface area (Å²) in [5.74, 6) is 0.222. The van der Waals surface area contributed by atoms with Gasteiger partial charge in [0, 0.05) is 12.2 Å². The molecule has 0 heterocycles. The predicted molar refractivity (Wildman–Crippen MR) is 80.9 cm³/mol. The number of aliphatic hydroxyl groups excluding tert-OH is 1. The first-order valence-electron chi connectivity index (χ1n) is 6.54. The Balaban J connectivity index is 2.09. The van der Waals surface area contributed by atoms with Gasteiger partial charge >= 0.3 is 0 Å². The van der Waals surface area contributed by atoms with Crippen molar-refractivity contribution < 1.29 is 14.6 Å². The smallest absolute Gasteiger partial charge is 0.255 e. The van der Waals surface area contributed by atoms with Crippen molar-refractivity contribution in [2.75, 3.05) is 12.8 Å². The molecule has 110 valence electrons. The van der Waals surface area contributed by atoms with Crippen molar-refractivity contribution in [1.29, 1.82) is 0 Å². The quantitative estimate of drug-likeness (QED) is 0.730. The van der Waals surface area contributed by atoms with Crippen LogP contribution < -0.4 is 15.8 Å². The average Bonchev–Trinajstić information content (AvgIpc) is 2.52. The van der Waals surface area contributed by atoms with Crippen molar-refractivity contribution in [3.8, 4) is 5.75 Å². The normalized spacial score (nSPS) is 10.2. The van der Waals surface area contributed by atoms with E-state index in [2.05, 4.69) is 5.32 Å². The number of anilines is 1. The summed E-state index contributed by atoms with van der Waals surface area (Å²) < 4.78 is 5.16. The third kappa shape index (κ3) is 3.73. The second-order valence-corrected chi connectivity index (χ2v) is 4.62. The Morgan fingerprint density at radius 1 is 1.24 bits per heavy atom. The SMILES string of the molecule is COc1ccc(N)cc1C(=O)NCc1cccc(CO)c1. The number of methoxy groups -OCH3 is 1. The molecular formula is C16H18N2O3. The number of carbonyl (C=O) groups excluding carboxylic acids is 1. The van der Waals surface area contributed by atoms with Gasteiger partial charge in [0.05, 0.1) is 19.3 Å². The summed E-state index contributed by atoms with van der Waals surface area (Å²) >= 11 is 0. The number of hydrogen-bond donors (Lipinski definition) is 3. The van der Waals surface area contributed by atoms with E-state index in [1.807, 2.05) is 24.3 Å². The minimum Gasteiger partial charge on any atom is -0.496 e. The van der Waals surface area contributed by atoms with E-state index < -0.39 is 0 Å². The number of carbonyl (C=O) groups is 1. The number of amides is 1. The van der Waals surface area contributed by atoms with Crippen molar-refractivity contribution in [3.05, 3.63) is 59.2 Å². The molecule has 1 amide bonds. The molecule has 0 saturated carbocycles. The van der Waals surface area contributed by atoms with Gasteiger partial charge in [0.25, 0.3) is 5.91 Å². The van der Waals surface area contributed by atoms with Gasteiger partial charge in [-0.3, -0.25) is 4.79 Å². The molecule has 0 spiro atoms. The van der Waals surface area contributed by atoms with Crippen LogP contribution in [0, 0.1) is 0 Å². The molecule has 0 saturated heterocycles. The van der Waals surface area contributed by atoms with Crippen molar-refractivity contribution >= 4 is 11.6 Å². The molecular weight excluding hydrogens is 268 g/mol. The van der Waals surface area contributed by atoms with Crippen molar-refractivity contribution in [1.82, 2.24) is 5.32 Å². The number of benzene rings is 2. The minimum atomic E-state index is -0.256. The molecule has 0 radical (unpaired) electrons. The van der Waals surface area contributed by atoms with Crippen LogP contribution in [0.4, 0.5) is 5.69 Å². The second kappa shape index (κ2) is 6.76. The first kappa shape index (κ1) is 14.9. The van der Waals surface area contributed by atoms with Gasteiger partial charge in [-0.25, -0.2) is 0 Å². The first-order valence-corrected chi connectivity index (χ1v) is 6.54. The predicted octanol–water partition coefficient (Wildman–Crippen LogP) is 1.70. The molecule has 0 aliphatic heterocycles.